The second-order valence-electron chi connectivity index (χ2n) is 3.75. The van der Waals surface area contributed by atoms with Gasteiger partial charge in [0, 0.05) is 11.8 Å². The lowest BCUT2D eigenvalue weighted by atomic mass is 10.1. The second kappa shape index (κ2) is 6.24. The average Bonchev–Trinajstić information content (AvgIpc) is 2.43. The third-order valence-corrected chi connectivity index (χ3v) is 3.72. The lowest BCUT2D eigenvalue weighted by molar-refractivity contribution is 1.22. The van der Waals surface area contributed by atoms with Crippen LogP contribution in [0, 0.1) is 0 Å². The van der Waals surface area contributed by atoms with Crippen molar-refractivity contribution >= 4 is 46.3 Å². The van der Waals surface area contributed by atoms with Crippen molar-refractivity contribution in [1.29, 1.82) is 0 Å². The van der Waals surface area contributed by atoms with Crippen LogP contribution in [0.2, 0.25) is 15.1 Å². The van der Waals surface area contributed by atoms with Crippen LogP contribution < -0.4 is 5.43 Å². The third-order valence-electron chi connectivity index (χ3n) is 2.43. The lowest BCUT2D eigenvalue weighted by Gasteiger charge is -2.07. The molecule has 0 unspecified atom stereocenters. The normalized spacial score (nSPS) is 11.5. The van der Waals surface area contributed by atoms with Crippen LogP contribution in [-0.2, 0) is 0 Å². The molecule has 0 radical (unpaired) electrons. The smallest absolute Gasteiger partial charge is 0.146 e. The number of hydrazone groups is 1. The molecule has 0 aliphatic heterocycles. The molecule has 0 bridgehead atoms. The Labute approximate surface area is 126 Å². The maximum atomic E-state index is 6.13. The minimum Gasteiger partial charge on any atom is -0.261 e. The highest BCUT2D eigenvalue weighted by atomic mass is 35.5. The van der Waals surface area contributed by atoms with E-state index in [0.29, 0.717) is 26.6 Å². The quantitative estimate of drug-likeness (QED) is 0.498. The first-order chi connectivity index (χ1) is 9.09. The molecule has 0 saturated heterocycles. The highest BCUT2D eigenvalue weighted by Gasteiger charge is 2.10. The van der Waals surface area contributed by atoms with Crippen molar-refractivity contribution in [2.75, 3.05) is 5.43 Å². The molecule has 0 aliphatic rings. The molecule has 0 aliphatic carbocycles. The zero-order valence-corrected chi connectivity index (χ0v) is 12.3. The van der Waals surface area contributed by atoms with Crippen molar-refractivity contribution in [2.45, 2.75) is 6.92 Å². The van der Waals surface area contributed by atoms with Crippen molar-refractivity contribution in [1.82, 2.24) is 4.98 Å². The Morgan fingerprint density at radius 1 is 1.11 bits per heavy atom. The number of benzene rings is 1. The molecule has 2 aromatic rings. The number of hydrogen-bond acceptors (Lipinski definition) is 3. The average molecular weight is 315 g/mol. The maximum absolute atomic E-state index is 6.13. The van der Waals surface area contributed by atoms with Crippen molar-refractivity contribution in [3.63, 3.8) is 0 Å². The first-order valence-corrected chi connectivity index (χ1v) is 6.58. The first-order valence-electron chi connectivity index (χ1n) is 5.45. The fourth-order valence-electron chi connectivity index (χ4n) is 1.44. The molecule has 1 aromatic heterocycles. The highest BCUT2D eigenvalue weighted by molar-refractivity contribution is 6.49. The van der Waals surface area contributed by atoms with Crippen molar-refractivity contribution in [2.24, 2.45) is 5.10 Å². The standard InChI is InChI=1S/C13H10Cl3N3/c1-8(18-19-11-4-2-3-7-17-11)9-5-6-10(14)13(16)12(9)15/h2-7H,1H3,(H,17,19)/b18-8-. The van der Waals surface area contributed by atoms with Gasteiger partial charge in [0.25, 0.3) is 0 Å². The van der Waals surface area contributed by atoms with Crippen LogP contribution in [0.1, 0.15) is 12.5 Å². The number of rotatable bonds is 3. The molecule has 0 saturated carbocycles. The molecule has 2 rings (SSSR count). The largest absolute Gasteiger partial charge is 0.261 e. The van der Waals surface area contributed by atoms with E-state index < -0.39 is 0 Å². The Morgan fingerprint density at radius 3 is 2.58 bits per heavy atom. The predicted molar refractivity (Wildman–Crippen MR) is 81.5 cm³/mol. The second-order valence-corrected chi connectivity index (χ2v) is 4.91. The van der Waals surface area contributed by atoms with Crippen LogP contribution in [0.25, 0.3) is 0 Å². The van der Waals surface area contributed by atoms with Gasteiger partial charge in [-0.15, -0.1) is 0 Å². The van der Waals surface area contributed by atoms with Crippen LogP contribution in [-0.4, -0.2) is 10.7 Å². The molecular weight excluding hydrogens is 305 g/mol. The molecule has 0 fully saturated rings. The lowest BCUT2D eigenvalue weighted by Crippen LogP contribution is -2.01. The number of halogens is 3. The van der Waals surface area contributed by atoms with Gasteiger partial charge in [-0.2, -0.15) is 5.10 Å². The SMILES string of the molecule is C/C(=N/Nc1ccccn1)c1ccc(Cl)c(Cl)c1Cl. The van der Waals surface area contributed by atoms with E-state index in [1.807, 2.05) is 25.1 Å². The number of aromatic nitrogens is 1. The van der Waals surface area contributed by atoms with E-state index in [1.165, 1.54) is 0 Å². The monoisotopic (exact) mass is 313 g/mol. The van der Waals surface area contributed by atoms with Crippen LogP contribution >= 0.6 is 34.8 Å². The number of nitrogens with zero attached hydrogens (tertiary/aromatic N) is 2. The maximum Gasteiger partial charge on any atom is 0.146 e. The van der Waals surface area contributed by atoms with Gasteiger partial charge in [0.2, 0.25) is 0 Å². The fraction of sp³-hybridized carbons (Fsp3) is 0.0769. The van der Waals surface area contributed by atoms with E-state index in [-0.39, 0.29) is 0 Å². The summed E-state index contributed by atoms with van der Waals surface area (Å²) in [5, 5.41) is 5.35. The molecule has 6 heteroatoms. The molecule has 19 heavy (non-hydrogen) atoms. The Hall–Kier alpha value is -1.29. The van der Waals surface area contributed by atoms with Gasteiger partial charge in [-0.1, -0.05) is 46.9 Å². The van der Waals surface area contributed by atoms with Gasteiger partial charge in [-0.05, 0) is 25.1 Å². The van der Waals surface area contributed by atoms with Crippen molar-refractivity contribution in [3.8, 4) is 0 Å². The number of hydrogen-bond donors (Lipinski definition) is 1. The number of nitrogens with one attached hydrogen (secondary N) is 1. The Bertz CT molecular complexity index is 612. The third kappa shape index (κ3) is 3.38. The van der Waals surface area contributed by atoms with Crippen molar-refractivity contribution < 1.29 is 0 Å². The number of anilines is 1. The van der Waals surface area contributed by atoms with E-state index in [2.05, 4.69) is 15.5 Å². The summed E-state index contributed by atoms with van der Waals surface area (Å²) in [6.45, 7) is 1.82. The predicted octanol–water partition coefficient (Wildman–Crippen LogP) is 4.88. The topological polar surface area (TPSA) is 37.3 Å². The van der Waals surface area contributed by atoms with E-state index in [9.17, 15) is 0 Å². The molecule has 0 atom stereocenters. The highest BCUT2D eigenvalue weighted by Crippen LogP contribution is 2.32. The minimum absolute atomic E-state index is 0.327. The van der Waals surface area contributed by atoms with Gasteiger partial charge >= 0.3 is 0 Å². The Kier molecular flexibility index (Phi) is 4.64. The fourth-order valence-corrected chi connectivity index (χ4v) is 2.11. The van der Waals surface area contributed by atoms with E-state index in [4.69, 9.17) is 34.8 Å². The van der Waals surface area contributed by atoms with E-state index in [1.54, 1.807) is 18.3 Å². The summed E-state index contributed by atoms with van der Waals surface area (Å²) >= 11 is 18.0. The molecule has 98 valence electrons. The molecule has 0 spiro atoms. The molecule has 1 aromatic carbocycles. The molecule has 1 heterocycles. The van der Waals surface area contributed by atoms with Gasteiger partial charge < -0.3 is 0 Å². The summed E-state index contributed by atoms with van der Waals surface area (Å²) in [6, 6.07) is 8.97. The number of pyridine rings is 1. The van der Waals surface area contributed by atoms with E-state index >= 15 is 0 Å². The van der Waals surface area contributed by atoms with Gasteiger partial charge in [0.1, 0.15) is 5.82 Å². The molecular formula is C13H10Cl3N3. The minimum atomic E-state index is 0.327. The Balaban J connectivity index is 2.25. The summed E-state index contributed by atoms with van der Waals surface area (Å²) in [5.41, 5.74) is 4.26. The van der Waals surface area contributed by atoms with Gasteiger partial charge in [0.05, 0.1) is 20.8 Å². The summed E-state index contributed by atoms with van der Waals surface area (Å²) in [7, 11) is 0. The van der Waals surface area contributed by atoms with Crippen LogP contribution in [0.3, 0.4) is 0 Å². The van der Waals surface area contributed by atoms with Gasteiger partial charge in [-0.3, -0.25) is 5.43 Å². The summed E-state index contributed by atoms with van der Waals surface area (Å²) in [6.07, 6.45) is 1.68. The Morgan fingerprint density at radius 2 is 1.89 bits per heavy atom. The first kappa shape index (κ1) is 14.1. The van der Waals surface area contributed by atoms with Gasteiger partial charge in [-0.25, -0.2) is 4.98 Å². The van der Waals surface area contributed by atoms with Crippen LogP contribution in [0.4, 0.5) is 5.82 Å². The summed E-state index contributed by atoms with van der Waals surface area (Å²) < 4.78 is 0. The summed E-state index contributed by atoms with van der Waals surface area (Å²) in [4.78, 5) is 4.10. The molecule has 0 amide bonds. The zero-order chi connectivity index (χ0) is 13.8. The van der Waals surface area contributed by atoms with Crippen LogP contribution in [0.15, 0.2) is 41.6 Å². The van der Waals surface area contributed by atoms with Crippen LogP contribution in [0.5, 0.6) is 0 Å². The van der Waals surface area contributed by atoms with E-state index in [0.717, 1.165) is 5.56 Å². The zero-order valence-electron chi connectivity index (χ0n) is 9.99. The van der Waals surface area contributed by atoms with Crippen molar-refractivity contribution in [3.05, 3.63) is 57.2 Å². The molecule has 3 nitrogen and oxygen atoms in total. The molecule has 1 N–H and O–H groups in total. The summed E-state index contributed by atoms with van der Waals surface area (Å²) in [5.74, 6) is 0.651. The van der Waals surface area contributed by atoms with Gasteiger partial charge in [0.15, 0.2) is 0 Å².